The van der Waals surface area contributed by atoms with Crippen LogP contribution in [-0.4, -0.2) is 19.5 Å². The van der Waals surface area contributed by atoms with Crippen LogP contribution in [0, 0.1) is 17.8 Å². The first-order valence-electron chi connectivity index (χ1n) is 6.98. The molecular formula is C15H28O2. The molecule has 0 aromatic rings. The van der Waals surface area contributed by atoms with Gasteiger partial charge >= 0.3 is 0 Å². The van der Waals surface area contributed by atoms with Gasteiger partial charge in [-0.1, -0.05) is 25.5 Å². The minimum Gasteiger partial charge on any atom is -0.353 e. The van der Waals surface area contributed by atoms with Crippen molar-refractivity contribution in [1.82, 2.24) is 0 Å². The van der Waals surface area contributed by atoms with Gasteiger partial charge in [-0.15, -0.1) is 0 Å². The van der Waals surface area contributed by atoms with Gasteiger partial charge < -0.3 is 9.47 Å². The van der Waals surface area contributed by atoms with E-state index in [0.717, 1.165) is 19.6 Å². The lowest BCUT2D eigenvalue weighted by Crippen LogP contribution is -2.36. The van der Waals surface area contributed by atoms with E-state index in [1.807, 2.05) is 13.8 Å². The van der Waals surface area contributed by atoms with Crippen LogP contribution in [0.25, 0.3) is 0 Å². The van der Waals surface area contributed by atoms with Crippen LogP contribution >= 0.6 is 0 Å². The highest BCUT2D eigenvalue weighted by Crippen LogP contribution is 2.37. The molecule has 0 amide bonds. The highest BCUT2D eigenvalue weighted by Gasteiger charge is 2.34. The smallest absolute Gasteiger partial charge is 0.160 e. The maximum Gasteiger partial charge on any atom is 0.160 e. The van der Waals surface area contributed by atoms with Crippen molar-refractivity contribution in [3.8, 4) is 0 Å². The van der Waals surface area contributed by atoms with Gasteiger partial charge in [-0.25, -0.2) is 0 Å². The summed E-state index contributed by atoms with van der Waals surface area (Å²) in [7, 11) is 0. The van der Waals surface area contributed by atoms with Crippen LogP contribution in [-0.2, 0) is 9.47 Å². The van der Waals surface area contributed by atoms with Gasteiger partial charge in [0.05, 0.1) is 0 Å². The SMILES string of the molecule is CCOC(OCC)C1CC(C)=CCC1C(C)C. The van der Waals surface area contributed by atoms with Crippen molar-refractivity contribution in [3.05, 3.63) is 11.6 Å². The van der Waals surface area contributed by atoms with Crippen molar-refractivity contribution >= 4 is 0 Å². The predicted octanol–water partition coefficient (Wildman–Crippen LogP) is 4.01. The fourth-order valence-corrected chi connectivity index (χ4v) is 2.81. The second-order valence-electron chi connectivity index (χ2n) is 5.34. The summed E-state index contributed by atoms with van der Waals surface area (Å²) in [4.78, 5) is 0. The topological polar surface area (TPSA) is 18.5 Å². The first kappa shape index (κ1) is 14.7. The zero-order valence-corrected chi connectivity index (χ0v) is 12.0. The molecule has 1 aliphatic rings. The summed E-state index contributed by atoms with van der Waals surface area (Å²) < 4.78 is 11.6. The molecule has 2 atom stereocenters. The van der Waals surface area contributed by atoms with Crippen molar-refractivity contribution in [2.45, 2.75) is 53.8 Å². The van der Waals surface area contributed by atoms with Gasteiger partial charge in [-0.2, -0.15) is 0 Å². The average Bonchev–Trinajstić information content (AvgIpc) is 2.28. The Morgan fingerprint density at radius 2 is 1.76 bits per heavy atom. The van der Waals surface area contributed by atoms with E-state index in [4.69, 9.17) is 9.47 Å². The summed E-state index contributed by atoms with van der Waals surface area (Å²) in [5, 5.41) is 0. The van der Waals surface area contributed by atoms with E-state index in [2.05, 4.69) is 26.8 Å². The molecule has 2 heteroatoms. The van der Waals surface area contributed by atoms with Gasteiger partial charge in [0.15, 0.2) is 6.29 Å². The zero-order valence-electron chi connectivity index (χ0n) is 12.0. The molecule has 0 saturated heterocycles. The van der Waals surface area contributed by atoms with E-state index in [1.54, 1.807) is 0 Å². The average molecular weight is 240 g/mol. The van der Waals surface area contributed by atoms with E-state index in [0.29, 0.717) is 17.8 Å². The summed E-state index contributed by atoms with van der Waals surface area (Å²) in [6, 6.07) is 0. The van der Waals surface area contributed by atoms with Gasteiger partial charge in [0, 0.05) is 19.1 Å². The number of allylic oxidation sites excluding steroid dienone is 2. The number of ether oxygens (including phenoxy) is 2. The summed E-state index contributed by atoms with van der Waals surface area (Å²) in [6.07, 6.45) is 4.65. The Morgan fingerprint density at radius 1 is 1.18 bits per heavy atom. The molecule has 0 fully saturated rings. The Hall–Kier alpha value is -0.340. The Labute approximate surface area is 106 Å². The van der Waals surface area contributed by atoms with Crippen LogP contribution < -0.4 is 0 Å². The van der Waals surface area contributed by atoms with Crippen LogP contribution in [0.4, 0.5) is 0 Å². The van der Waals surface area contributed by atoms with Crippen LogP contribution in [0.5, 0.6) is 0 Å². The maximum absolute atomic E-state index is 5.80. The predicted molar refractivity (Wildman–Crippen MR) is 71.8 cm³/mol. The molecule has 0 N–H and O–H groups in total. The molecular weight excluding hydrogens is 212 g/mol. The third-order valence-electron chi connectivity index (χ3n) is 3.71. The Kier molecular flexibility index (Phi) is 6.21. The standard InChI is InChI=1S/C15H28O2/c1-6-16-15(17-7-2)14-10-12(5)8-9-13(14)11(3)4/h8,11,13-15H,6-7,9-10H2,1-5H3. The third-order valence-corrected chi connectivity index (χ3v) is 3.71. The summed E-state index contributed by atoms with van der Waals surface area (Å²) in [6.45, 7) is 12.4. The molecule has 100 valence electrons. The summed E-state index contributed by atoms with van der Waals surface area (Å²) >= 11 is 0. The van der Waals surface area contributed by atoms with Crippen LogP contribution in [0.15, 0.2) is 11.6 Å². The second kappa shape index (κ2) is 7.17. The highest BCUT2D eigenvalue weighted by molar-refractivity contribution is 5.06. The van der Waals surface area contributed by atoms with E-state index < -0.39 is 0 Å². The fourth-order valence-electron chi connectivity index (χ4n) is 2.81. The highest BCUT2D eigenvalue weighted by atomic mass is 16.7. The van der Waals surface area contributed by atoms with Gasteiger partial charge in [0.25, 0.3) is 0 Å². The normalized spacial score (nSPS) is 25.5. The Balaban J connectivity index is 2.76. The third kappa shape index (κ3) is 4.11. The van der Waals surface area contributed by atoms with Gasteiger partial charge in [-0.05, 0) is 45.4 Å². The molecule has 2 unspecified atom stereocenters. The first-order chi connectivity index (χ1) is 8.10. The van der Waals surface area contributed by atoms with E-state index in [-0.39, 0.29) is 6.29 Å². The molecule has 0 spiro atoms. The zero-order chi connectivity index (χ0) is 12.8. The minimum absolute atomic E-state index is 0.0268. The monoisotopic (exact) mass is 240 g/mol. The molecule has 0 saturated carbocycles. The van der Waals surface area contributed by atoms with Crippen molar-refractivity contribution in [2.75, 3.05) is 13.2 Å². The number of rotatable bonds is 6. The quantitative estimate of drug-likeness (QED) is 0.516. The molecule has 0 aromatic carbocycles. The van der Waals surface area contributed by atoms with E-state index in [1.165, 1.54) is 12.0 Å². The molecule has 2 nitrogen and oxygen atoms in total. The van der Waals surface area contributed by atoms with E-state index >= 15 is 0 Å². The molecule has 0 radical (unpaired) electrons. The number of hydrogen-bond donors (Lipinski definition) is 0. The second-order valence-corrected chi connectivity index (χ2v) is 5.34. The Morgan fingerprint density at radius 3 is 2.24 bits per heavy atom. The van der Waals surface area contributed by atoms with Crippen LogP contribution in [0.2, 0.25) is 0 Å². The van der Waals surface area contributed by atoms with Crippen LogP contribution in [0.1, 0.15) is 47.5 Å². The molecule has 1 aliphatic carbocycles. The van der Waals surface area contributed by atoms with Gasteiger partial charge in [0.1, 0.15) is 0 Å². The molecule has 17 heavy (non-hydrogen) atoms. The van der Waals surface area contributed by atoms with Gasteiger partial charge in [0.2, 0.25) is 0 Å². The molecule has 0 bridgehead atoms. The largest absolute Gasteiger partial charge is 0.353 e. The van der Waals surface area contributed by atoms with Crippen molar-refractivity contribution in [1.29, 1.82) is 0 Å². The van der Waals surface area contributed by atoms with Gasteiger partial charge in [-0.3, -0.25) is 0 Å². The van der Waals surface area contributed by atoms with Crippen molar-refractivity contribution in [2.24, 2.45) is 17.8 Å². The minimum atomic E-state index is -0.0268. The van der Waals surface area contributed by atoms with Crippen molar-refractivity contribution in [3.63, 3.8) is 0 Å². The Bertz CT molecular complexity index is 239. The van der Waals surface area contributed by atoms with Crippen LogP contribution in [0.3, 0.4) is 0 Å². The summed E-state index contributed by atoms with van der Waals surface area (Å²) in [5.41, 5.74) is 1.48. The molecule has 0 aromatic heterocycles. The molecule has 0 aliphatic heterocycles. The lowest BCUT2D eigenvalue weighted by Gasteiger charge is -2.38. The van der Waals surface area contributed by atoms with E-state index in [9.17, 15) is 0 Å². The van der Waals surface area contributed by atoms with Crippen molar-refractivity contribution < 1.29 is 9.47 Å². The summed E-state index contributed by atoms with van der Waals surface area (Å²) in [5.74, 6) is 1.88. The lowest BCUT2D eigenvalue weighted by atomic mass is 9.74. The molecule has 1 rings (SSSR count). The lowest BCUT2D eigenvalue weighted by molar-refractivity contribution is -0.181. The first-order valence-corrected chi connectivity index (χ1v) is 6.98. The fraction of sp³-hybridized carbons (Fsp3) is 0.867. The molecule has 0 heterocycles. The number of hydrogen-bond acceptors (Lipinski definition) is 2. The maximum atomic E-state index is 5.80.